The highest BCUT2D eigenvalue weighted by molar-refractivity contribution is 6.59. The Labute approximate surface area is 118 Å². The minimum absolute atomic E-state index is 0.197. The molecule has 0 radical (unpaired) electrons. The van der Waals surface area contributed by atoms with E-state index < -0.39 is 18.8 Å². The summed E-state index contributed by atoms with van der Waals surface area (Å²) in [7, 11) is -1.59. The summed E-state index contributed by atoms with van der Waals surface area (Å²) in [6.45, 7) is 5.79. The molecule has 0 saturated heterocycles. The summed E-state index contributed by atoms with van der Waals surface area (Å²) >= 11 is 0. The molecule has 1 aromatic rings. The number of hydrogen-bond acceptors (Lipinski definition) is 5. The van der Waals surface area contributed by atoms with Crippen molar-refractivity contribution in [2.75, 3.05) is 13.2 Å². The highest BCUT2D eigenvalue weighted by Crippen LogP contribution is 2.07. The number of benzene rings is 1. The molecule has 0 bridgehead atoms. The van der Waals surface area contributed by atoms with Crippen molar-refractivity contribution >= 4 is 18.7 Å². The largest absolute Gasteiger partial charge is 0.492 e. The van der Waals surface area contributed by atoms with Crippen LogP contribution < -0.4 is 15.5 Å². The fraction of sp³-hybridized carbons (Fsp3) is 0.462. The summed E-state index contributed by atoms with van der Waals surface area (Å²) < 4.78 is 10.5. The zero-order valence-corrected chi connectivity index (χ0v) is 11.9. The normalized spacial score (nSPS) is 10.8. The Balaban J connectivity index is 2.37. The number of nitrogens with one attached hydrogen (secondary N) is 1. The second-order valence-corrected chi connectivity index (χ2v) is 5.19. The Morgan fingerprint density at radius 3 is 2.55 bits per heavy atom. The SMILES string of the molecule is CC(C)(C)OC(=O)NCCOc1ccccc1B(O)O. The monoisotopic (exact) mass is 281 g/mol. The molecule has 7 heteroatoms. The van der Waals surface area contributed by atoms with Gasteiger partial charge in [-0.05, 0) is 26.8 Å². The molecule has 0 saturated carbocycles. The summed E-state index contributed by atoms with van der Waals surface area (Å²) in [5.41, 5.74) is -0.261. The second-order valence-electron chi connectivity index (χ2n) is 5.19. The predicted molar refractivity (Wildman–Crippen MR) is 76.0 cm³/mol. The van der Waals surface area contributed by atoms with Crippen LogP contribution in [0, 0.1) is 0 Å². The molecule has 0 aliphatic heterocycles. The van der Waals surface area contributed by atoms with E-state index in [1.807, 2.05) is 0 Å². The van der Waals surface area contributed by atoms with Gasteiger partial charge in [0.2, 0.25) is 0 Å². The standard InChI is InChI=1S/C13H20BNO5/c1-13(2,3)20-12(16)15-8-9-19-11-7-5-4-6-10(11)14(17)18/h4-7,17-18H,8-9H2,1-3H3,(H,15,16). The van der Waals surface area contributed by atoms with Gasteiger partial charge in [0.15, 0.2) is 0 Å². The van der Waals surface area contributed by atoms with E-state index in [4.69, 9.17) is 19.5 Å². The van der Waals surface area contributed by atoms with Crippen molar-refractivity contribution in [1.29, 1.82) is 0 Å². The molecule has 1 amide bonds. The Morgan fingerprint density at radius 2 is 1.95 bits per heavy atom. The molecule has 0 aliphatic carbocycles. The maximum atomic E-state index is 11.4. The molecular weight excluding hydrogens is 261 g/mol. The molecule has 0 unspecified atom stereocenters. The van der Waals surface area contributed by atoms with Crippen molar-refractivity contribution in [3.63, 3.8) is 0 Å². The minimum Gasteiger partial charge on any atom is -0.492 e. The fourth-order valence-electron chi connectivity index (χ4n) is 1.45. The summed E-state index contributed by atoms with van der Waals surface area (Å²) in [4.78, 5) is 11.4. The maximum Gasteiger partial charge on any atom is 0.492 e. The number of amides is 1. The first-order valence-electron chi connectivity index (χ1n) is 6.34. The van der Waals surface area contributed by atoms with Crippen molar-refractivity contribution in [2.24, 2.45) is 0 Å². The first-order valence-corrected chi connectivity index (χ1v) is 6.34. The van der Waals surface area contributed by atoms with Gasteiger partial charge in [0.25, 0.3) is 0 Å². The van der Waals surface area contributed by atoms with Crippen molar-refractivity contribution in [1.82, 2.24) is 5.32 Å². The van der Waals surface area contributed by atoms with Gasteiger partial charge in [-0.2, -0.15) is 0 Å². The zero-order chi connectivity index (χ0) is 15.2. The van der Waals surface area contributed by atoms with Crippen LogP contribution in [0.25, 0.3) is 0 Å². The van der Waals surface area contributed by atoms with Crippen LogP contribution in [0.5, 0.6) is 5.75 Å². The first kappa shape index (κ1) is 16.3. The summed E-state index contributed by atoms with van der Waals surface area (Å²) in [6.07, 6.45) is -0.517. The number of hydrogen-bond donors (Lipinski definition) is 3. The third kappa shape index (κ3) is 5.94. The van der Waals surface area contributed by atoms with E-state index in [1.54, 1.807) is 45.0 Å². The van der Waals surface area contributed by atoms with E-state index in [1.165, 1.54) is 0 Å². The number of rotatable bonds is 5. The zero-order valence-electron chi connectivity index (χ0n) is 11.9. The minimum atomic E-state index is -1.59. The smallest absolute Gasteiger partial charge is 0.492 e. The van der Waals surface area contributed by atoms with E-state index in [0.717, 1.165) is 0 Å². The van der Waals surface area contributed by atoms with Crippen LogP contribution in [0.1, 0.15) is 20.8 Å². The summed E-state index contributed by atoms with van der Waals surface area (Å²) in [5.74, 6) is 0.369. The fourth-order valence-corrected chi connectivity index (χ4v) is 1.45. The molecular formula is C13H20BNO5. The van der Waals surface area contributed by atoms with Gasteiger partial charge in [0.1, 0.15) is 18.0 Å². The average Bonchev–Trinajstić information content (AvgIpc) is 2.33. The quantitative estimate of drug-likeness (QED) is 0.532. The van der Waals surface area contributed by atoms with Crippen molar-refractivity contribution in [3.05, 3.63) is 24.3 Å². The van der Waals surface area contributed by atoms with Gasteiger partial charge in [-0.3, -0.25) is 0 Å². The number of carbonyl (C=O) groups is 1. The van der Waals surface area contributed by atoms with Crippen LogP contribution >= 0.6 is 0 Å². The van der Waals surface area contributed by atoms with Crippen LogP contribution in [0.2, 0.25) is 0 Å². The Bertz CT molecular complexity index is 445. The number of ether oxygens (including phenoxy) is 2. The molecule has 0 heterocycles. The third-order valence-electron chi connectivity index (χ3n) is 2.23. The van der Waals surface area contributed by atoms with Crippen molar-refractivity contribution in [2.45, 2.75) is 26.4 Å². The topological polar surface area (TPSA) is 88.0 Å². The summed E-state index contributed by atoms with van der Waals surface area (Å²) in [6, 6.07) is 6.59. The molecule has 3 N–H and O–H groups in total. The van der Waals surface area contributed by atoms with Crippen LogP contribution in [-0.4, -0.2) is 42.0 Å². The van der Waals surface area contributed by atoms with Gasteiger partial charge in [0, 0.05) is 5.46 Å². The van der Waals surface area contributed by atoms with Crippen LogP contribution in [0.3, 0.4) is 0 Å². The lowest BCUT2D eigenvalue weighted by atomic mass is 9.79. The van der Waals surface area contributed by atoms with E-state index >= 15 is 0 Å². The Morgan fingerprint density at radius 1 is 1.30 bits per heavy atom. The average molecular weight is 281 g/mol. The molecule has 0 spiro atoms. The number of carbonyl (C=O) groups excluding carboxylic acids is 1. The molecule has 0 atom stereocenters. The van der Waals surface area contributed by atoms with E-state index in [-0.39, 0.29) is 18.6 Å². The van der Waals surface area contributed by atoms with Crippen LogP contribution in [0.15, 0.2) is 24.3 Å². The molecule has 110 valence electrons. The third-order valence-corrected chi connectivity index (χ3v) is 2.23. The van der Waals surface area contributed by atoms with Gasteiger partial charge < -0.3 is 24.8 Å². The maximum absolute atomic E-state index is 11.4. The van der Waals surface area contributed by atoms with E-state index in [0.29, 0.717) is 5.75 Å². The molecule has 20 heavy (non-hydrogen) atoms. The lowest BCUT2D eigenvalue weighted by Gasteiger charge is -2.19. The van der Waals surface area contributed by atoms with Gasteiger partial charge in [-0.1, -0.05) is 18.2 Å². The molecule has 6 nitrogen and oxygen atoms in total. The van der Waals surface area contributed by atoms with Crippen molar-refractivity contribution in [3.8, 4) is 5.75 Å². The molecule has 1 rings (SSSR count). The Kier molecular flexibility index (Phi) is 5.85. The predicted octanol–water partition coefficient (Wildman–Crippen LogP) is 0.270. The summed E-state index contributed by atoms with van der Waals surface area (Å²) in [5, 5.41) is 20.9. The molecule has 1 aromatic carbocycles. The van der Waals surface area contributed by atoms with Gasteiger partial charge in [-0.25, -0.2) is 4.79 Å². The molecule has 0 fully saturated rings. The van der Waals surface area contributed by atoms with E-state index in [2.05, 4.69) is 5.32 Å². The lowest BCUT2D eigenvalue weighted by molar-refractivity contribution is 0.0520. The highest BCUT2D eigenvalue weighted by Gasteiger charge is 2.17. The number of alkyl carbamates (subject to hydrolysis) is 1. The Hall–Kier alpha value is -1.73. The van der Waals surface area contributed by atoms with Gasteiger partial charge in [0.05, 0.1) is 6.54 Å². The van der Waals surface area contributed by atoms with Crippen LogP contribution in [0.4, 0.5) is 4.79 Å². The number of para-hydroxylation sites is 1. The second kappa shape index (κ2) is 7.16. The lowest BCUT2D eigenvalue weighted by Crippen LogP contribution is -2.35. The first-order chi connectivity index (χ1) is 9.29. The molecule has 0 aliphatic rings. The van der Waals surface area contributed by atoms with Gasteiger partial charge >= 0.3 is 13.2 Å². The van der Waals surface area contributed by atoms with Gasteiger partial charge in [-0.15, -0.1) is 0 Å². The van der Waals surface area contributed by atoms with E-state index in [9.17, 15) is 4.79 Å². The molecule has 0 aromatic heterocycles. The van der Waals surface area contributed by atoms with Crippen molar-refractivity contribution < 1.29 is 24.3 Å². The highest BCUT2D eigenvalue weighted by atomic mass is 16.6. The van der Waals surface area contributed by atoms with Crippen LogP contribution in [-0.2, 0) is 4.74 Å².